The van der Waals surface area contributed by atoms with Crippen LogP contribution in [0.1, 0.15) is 5.56 Å². The number of nitrogens with one attached hydrogen (secondary N) is 1. The molecule has 0 aliphatic heterocycles. The number of aromatic amines is 1. The number of rotatable bonds is 1. The first-order valence-corrected chi connectivity index (χ1v) is 7.00. The van der Waals surface area contributed by atoms with Crippen molar-refractivity contribution < 1.29 is 4.39 Å². The largest absolute Gasteiger partial charge is 0.330 e. The molecule has 0 aliphatic carbocycles. The van der Waals surface area contributed by atoms with Crippen LogP contribution in [0.4, 0.5) is 4.39 Å². The van der Waals surface area contributed by atoms with Gasteiger partial charge in [0.05, 0.1) is 26.8 Å². The highest BCUT2D eigenvalue weighted by atomic mass is 35.5. The van der Waals surface area contributed by atoms with E-state index < -0.39 is 0 Å². The number of H-pyrrole nitrogens is 1. The topological polar surface area (TPSA) is 20.7 Å². The highest BCUT2D eigenvalue weighted by molar-refractivity contribution is 7.71. The summed E-state index contributed by atoms with van der Waals surface area (Å²) in [5, 5.41) is 0.868. The number of hydrogen-bond acceptors (Lipinski definition) is 1. The Balaban J connectivity index is 2.35. The number of hydrogen-bond donors (Lipinski definition) is 1. The maximum atomic E-state index is 13.7. The van der Waals surface area contributed by atoms with Crippen LogP contribution in [0.25, 0.3) is 16.7 Å². The molecule has 0 saturated heterocycles. The van der Waals surface area contributed by atoms with E-state index in [2.05, 4.69) is 4.98 Å². The van der Waals surface area contributed by atoms with E-state index in [9.17, 15) is 4.39 Å². The van der Waals surface area contributed by atoms with E-state index in [4.69, 9.17) is 35.4 Å². The average Bonchev–Trinajstić information content (AvgIpc) is 2.69. The fourth-order valence-electron chi connectivity index (χ4n) is 2.08. The molecule has 1 N–H and O–H groups in total. The van der Waals surface area contributed by atoms with Crippen LogP contribution in [-0.4, -0.2) is 9.55 Å². The number of nitrogens with zero attached hydrogens (tertiary/aromatic N) is 1. The highest BCUT2D eigenvalue weighted by Gasteiger charge is 2.11. The Labute approximate surface area is 129 Å². The predicted octanol–water partition coefficient (Wildman–Crippen LogP) is 5.44. The van der Waals surface area contributed by atoms with Gasteiger partial charge >= 0.3 is 0 Å². The lowest BCUT2D eigenvalue weighted by Gasteiger charge is -2.06. The second-order valence-electron chi connectivity index (χ2n) is 4.48. The van der Waals surface area contributed by atoms with Gasteiger partial charge in [-0.25, -0.2) is 4.39 Å². The fourth-order valence-corrected chi connectivity index (χ4v) is 2.71. The molecule has 0 atom stereocenters. The fraction of sp³-hybridized carbons (Fsp3) is 0.0714. The van der Waals surface area contributed by atoms with Crippen molar-refractivity contribution in [1.29, 1.82) is 0 Å². The molecule has 102 valence electrons. The molecule has 1 aromatic heterocycles. The van der Waals surface area contributed by atoms with Crippen LogP contribution in [0.3, 0.4) is 0 Å². The Kier molecular flexibility index (Phi) is 3.32. The van der Waals surface area contributed by atoms with Crippen molar-refractivity contribution >= 4 is 46.5 Å². The van der Waals surface area contributed by atoms with Gasteiger partial charge in [-0.1, -0.05) is 29.3 Å². The Morgan fingerprint density at radius 1 is 1.15 bits per heavy atom. The minimum absolute atomic E-state index is 0.279. The number of benzene rings is 2. The lowest BCUT2D eigenvalue weighted by Crippen LogP contribution is -1.96. The summed E-state index contributed by atoms with van der Waals surface area (Å²) in [6, 6.07) is 8.38. The zero-order valence-electron chi connectivity index (χ0n) is 10.4. The smallest absolute Gasteiger partial charge is 0.182 e. The Morgan fingerprint density at radius 3 is 2.55 bits per heavy atom. The number of aromatic nitrogens is 2. The minimum Gasteiger partial charge on any atom is -0.330 e. The second kappa shape index (κ2) is 4.88. The van der Waals surface area contributed by atoms with E-state index in [1.54, 1.807) is 29.7 Å². The molecule has 3 aromatic rings. The second-order valence-corrected chi connectivity index (χ2v) is 5.68. The normalized spacial score (nSPS) is 11.2. The number of imidazole rings is 1. The summed E-state index contributed by atoms with van der Waals surface area (Å²) in [6.07, 6.45) is 0. The van der Waals surface area contributed by atoms with Gasteiger partial charge in [0.1, 0.15) is 5.82 Å². The van der Waals surface area contributed by atoms with Gasteiger partial charge in [-0.2, -0.15) is 0 Å². The van der Waals surface area contributed by atoms with Crippen molar-refractivity contribution in [3.63, 3.8) is 0 Å². The number of fused-ring (bicyclic) bond motifs is 1. The van der Waals surface area contributed by atoms with Gasteiger partial charge in [0, 0.05) is 0 Å². The summed E-state index contributed by atoms with van der Waals surface area (Å²) >= 11 is 17.3. The van der Waals surface area contributed by atoms with Gasteiger partial charge in [0.15, 0.2) is 4.77 Å². The van der Waals surface area contributed by atoms with Crippen LogP contribution in [0.5, 0.6) is 0 Å². The molecule has 2 nitrogen and oxygen atoms in total. The van der Waals surface area contributed by atoms with E-state index >= 15 is 0 Å². The van der Waals surface area contributed by atoms with Crippen LogP contribution in [-0.2, 0) is 0 Å². The third-order valence-corrected chi connectivity index (χ3v) is 4.14. The van der Waals surface area contributed by atoms with Crippen molar-refractivity contribution in [2.24, 2.45) is 0 Å². The van der Waals surface area contributed by atoms with E-state index in [-0.39, 0.29) is 5.82 Å². The summed E-state index contributed by atoms with van der Waals surface area (Å²) in [5.74, 6) is -0.279. The van der Waals surface area contributed by atoms with Crippen molar-refractivity contribution in [3.05, 3.63) is 56.5 Å². The van der Waals surface area contributed by atoms with Gasteiger partial charge in [-0.05, 0) is 49.0 Å². The van der Waals surface area contributed by atoms with E-state index in [0.717, 1.165) is 11.0 Å². The van der Waals surface area contributed by atoms with Crippen LogP contribution in [0.15, 0.2) is 30.3 Å². The first-order valence-electron chi connectivity index (χ1n) is 5.83. The monoisotopic (exact) mass is 326 g/mol. The molecular weight excluding hydrogens is 318 g/mol. The van der Waals surface area contributed by atoms with Crippen molar-refractivity contribution in [1.82, 2.24) is 9.55 Å². The summed E-state index contributed by atoms with van der Waals surface area (Å²) < 4.78 is 15.9. The summed E-state index contributed by atoms with van der Waals surface area (Å²) in [5.41, 5.74) is 2.74. The maximum absolute atomic E-state index is 13.7. The SMILES string of the molecule is Cc1ccc(-n2c(=S)[nH]c3cc(Cl)c(Cl)cc32)cc1F. The van der Waals surface area contributed by atoms with Crippen LogP contribution in [0, 0.1) is 17.5 Å². The molecule has 0 amide bonds. The Bertz CT molecular complexity index is 883. The van der Waals surface area contributed by atoms with Gasteiger partial charge in [0.2, 0.25) is 0 Å². The number of aryl methyl sites for hydroxylation is 1. The lowest BCUT2D eigenvalue weighted by atomic mass is 10.2. The van der Waals surface area contributed by atoms with Crippen molar-refractivity contribution in [2.75, 3.05) is 0 Å². The molecule has 0 bridgehead atoms. The molecule has 1 heterocycles. The standard InChI is InChI=1S/C14H9Cl2FN2S/c1-7-2-3-8(4-11(7)17)19-13-6-10(16)9(15)5-12(13)18-14(19)20/h2-6H,1H3,(H,18,20). The van der Waals surface area contributed by atoms with Crippen LogP contribution in [0.2, 0.25) is 10.0 Å². The van der Waals surface area contributed by atoms with Crippen LogP contribution < -0.4 is 0 Å². The lowest BCUT2D eigenvalue weighted by molar-refractivity contribution is 0.617. The molecule has 0 spiro atoms. The predicted molar refractivity (Wildman–Crippen MR) is 83.2 cm³/mol. The van der Waals surface area contributed by atoms with E-state index in [1.807, 2.05) is 6.07 Å². The maximum Gasteiger partial charge on any atom is 0.182 e. The van der Waals surface area contributed by atoms with E-state index in [0.29, 0.717) is 26.1 Å². The minimum atomic E-state index is -0.279. The first-order chi connectivity index (χ1) is 9.47. The molecule has 2 aromatic carbocycles. The van der Waals surface area contributed by atoms with Crippen LogP contribution >= 0.6 is 35.4 Å². The Hall–Kier alpha value is -1.36. The molecule has 0 radical (unpaired) electrons. The first kappa shape index (κ1) is 13.6. The molecule has 0 unspecified atom stereocenters. The van der Waals surface area contributed by atoms with Gasteiger partial charge in [-0.3, -0.25) is 4.57 Å². The molecule has 3 rings (SSSR count). The third kappa shape index (κ3) is 2.14. The van der Waals surface area contributed by atoms with Crippen molar-refractivity contribution in [3.8, 4) is 5.69 Å². The molecule has 6 heteroatoms. The average molecular weight is 327 g/mol. The third-order valence-electron chi connectivity index (χ3n) is 3.14. The molecule has 20 heavy (non-hydrogen) atoms. The van der Waals surface area contributed by atoms with E-state index in [1.165, 1.54) is 6.07 Å². The van der Waals surface area contributed by atoms with Gasteiger partial charge in [0.25, 0.3) is 0 Å². The summed E-state index contributed by atoms with van der Waals surface area (Å²) in [7, 11) is 0. The zero-order chi connectivity index (χ0) is 14.4. The molecular formula is C14H9Cl2FN2S. The Morgan fingerprint density at radius 2 is 1.85 bits per heavy atom. The molecule has 0 fully saturated rings. The zero-order valence-corrected chi connectivity index (χ0v) is 12.7. The summed E-state index contributed by atoms with van der Waals surface area (Å²) in [6.45, 7) is 1.71. The van der Waals surface area contributed by atoms with Gasteiger partial charge in [-0.15, -0.1) is 0 Å². The molecule has 0 saturated carbocycles. The van der Waals surface area contributed by atoms with Gasteiger partial charge < -0.3 is 4.98 Å². The number of halogens is 3. The summed E-state index contributed by atoms with van der Waals surface area (Å²) in [4.78, 5) is 3.04. The molecule has 0 aliphatic rings. The highest BCUT2D eigenvalue weighted by Crippen LogP contribution is 2.29. The van der Waals surface area contributed by atoms with Crippen molar-refractivity contribution in [2.45, 2.75) is 6.92 Å². The quantitative estimate of drug-likeness (QED) is 0.590.